The fourth-order valence-corrected chi connectivity index (χ4v) is 3.09. The highest BCUT2D eigenvalue weighted by molar-refractivity contribution is 5.85. The molecule has 2 aromatic carbocycles. The van der Waals surface area contributed by atoms with Gasteiger partial charge in [-0.25, -0.2) is 4.98 Å². The van der Waals surface area contributed by atoms with Crippen LogP contribution >= 0.6 is 0 Å². The molecular weight excluding hydrogens is 326 g/mol. The molecule has 1 N–H and O–H groups in total. The van der Waals surface area contributed by atoms with Gasteiger partial charge in [-0.3, -0.25) is 0 Å². The number of rotatable bonds is 5. The molecule has 0 radical (unpaired) electrons. The van der Waals surface area contributed by atoms with Gasteiger partial charge >= 0.3 is 0 Å². The number of aliphatic hydroxyl groups is 1. The molecule has 0 aliphatic heterocycles. The van der Waals surface area contributed by atoms with Gasteiger partial charge in [-0.1, -0.05) is 30.3 Å². The predicted octanol–water partition coefficient (Wildman–Crippen LogP) is 4.59. The van der Waals surface area contributed by atoms with E-state index in [0.717, 1.165) is 34.2 Å². The Balaban J connectivity index is 1.76. The number of aliphatic hydroxyl groups excluding tert-OH is 1. The van der Waals surface area contributed by atoms with Crippen molar-refractivity contribution in [3.63, 3.8) is 0 Å². The highest BCUT2D eigenvalue weighted by atomic mass is 16.5. The van der Waals surface area contributed by atoms with Gasteiger partial charge in [-0.15, -0.1) is 0 Å². The molecule has 4 rings (SSSR count). The van der Waals surface area contributed by atoms with Crippen LogP contribution in [0.15, 0.2) is 71.1 Å². The van der Waals surface area contributed by atoms with E-state index in [1.807, 2.05) is 36.4 Å². The van der Waals surface area contributed by atoms with Gasteiger partial charge in [0.1, 0.15) is 18.1 Å². The maximum Gasteiger partial charge on any atom is 0.217 e. The Morgan fingerprint density at radius 3 is 2.58 bits per heavy atom. The van der Waals surface area contributed by atoms with Crippen molar-refractivity contribution in [2.24, 2.45) is 0 Å². The van der Waals surface area contributed by atoms with E-state index in [-0.39, 0.29) is 6.61 Å². The number of fused-ring (bicyclic) bond motifs is 1. The standard InChI is InChI=1S/C22H19NO3/c1-25-22-18(11-15-5-3-2-4-6-15)13-17-12-16(7-9-20(17)23-22)21-10-8-19(14-24)26-21/h2-10,12-13,24H,11,14H2,1H3. The summed E-state index contributed by atoms with van der Waals surface area (Å²) in [5.41, 5.74) is 4.08. The molecule has 2 heterocycles. The number of pyridine rings is 1. The average Bonchev–Trinajstić information content (AvgIpc) is 3.17. The highest BCUT2D eigenvalue weighted by Crippen LogP contribution is 2.29. The van der Waals surface area contributed by atoms with E-state index >= 15 is 0 Å². The summed E-state index contributed by atoms with van der Waals surface area (Å²) < 4.78 is 11.1. The van der Waals surface area contributed by atoms with Crippen LogP contribution < -0.4 is 4.74 Å². The van der Waals surface area contributed by atoms with Crippen LogP contribution in [0.2, 0.25) is 0 Å². The molecule has 2 aromatic heterocycles. The maximum absolute atomic E-state index is 9.19. The number of benzene rings is 2. The van der Waals surface area contributed by atoms with Crippen molar-refractivity contribution < 1.29 is 14.3 Å². The molecule has 0 amide bonds. The lowest BCUT2D eigenvalue weighted by Gasteiger charge is -2.10. The number of nitrogens with zero attached hydrogens (tertiary/aromatic N) is 1. The van der Waals surface area contributed by atoms with Crippen LogP contribution in [0.1, 0.15) is 16.9 Å². The molecule has 0 fully saturated rings. The summed E-state index contributed by atoms with van der Waals surface area (Å²) in [5, 5.41) is 10.2. The van der Waals surface area contributed by atoms with Crippen LogP contribution in [-0.2, 0) is 13.0 Å². The Bertz CT molecular complexity index is 1040. The molecule has 0 unspecified atom stereocenters. The van der Waals surface area contributed by atoms with Crippen molar-refractivity contribution in [2.45, 2.75) is 13.0 Å². The van der Waals surface area contributed by atoms with Crippen molar-refractivity contribution in [1.82, 2.24) is 4.98 Å². The molecule has 4 nitrogen and oxygen atoms in total. The van der Waals surface area contributed by atoms with Crippen molar-refractivity contribution in [3.05, 3.63) is 83.6 Å². The third-order valence-electron chi connectivity index (χ3n) is 4.39. The van der Waals surface area contributed by atoms with Gasteiger partial charge in [-0.2, -0.15) is 0 Å². The second-order valence-electron chi connectivity index (χ2n) is 6.15. The molecule has 0 aliphatic rings. The van der Waals surface area contributed by atoms with Crippen molar-refractivity contribution in [2.75, 3.05) is 7.11 Å². The minimum atomic E-state index is -0.104. The molecule has 130 valence electrons. The Morgan fingerprint density at radius 1 is 1.00 bits per heavy atom. The van der Waals surface area contributed by atoms with E-state index < -0.39 is 0 Å². The third kappa shape index (κ3) is 3.19. The molecule has 4 aromatic rings. The lowest BCUT2D eigenvalue weighted by molar-refractivity contribution is 0.248. The second-order valence-corrected chi connectivity index (χ2v) is 6.15. The first-order chi connectivity index (χ1) is 12.8. The lowest BCUT2D eigenvalue weighted by Crippen LogP contribution is -1.97. The van der Waals surface area contributed by atoms with E-state index in [4.69, 9.17) is 9.15 Å². The molecular formula is C22H19NO3. The molecule has 0 aliphatic carbocycles. The minimum absolute atomic E-state index is 0.104. The number of ether oxygens (including phenoxy) is 1. The highest BCUT2D eigenvalue weighted by Gasteiger charge is 2.11. The monoisotopic (exact) mass is 345 g/mol. The second kappa shape index (κ2) is 7.02. The van der Waals surface area contributed by atoms with Crippen molar-refractivity contribution in [3.8, 4) is 17.2 Å². The largest absolute Gasteiger partial charge is 0.481 e. The third-order valence-corrected chi connectivity index (χ3v) is 4.39. The Kier molecular flexibility index (Phi) is 4.42. The summed E-state index contributed by atoms with van der Waals surface area (Å²) in [7, 11) is 1.65. The van der Waals surface area contributed by atoms with Gasteiger partial charge in [0.05, 0.1) is 12.6 Å². The smallest absolute Gasteiger partial charge is 0.217 e. The minimum Gasteiger partial charge on any atom is -0.481 e. The molecule has 0 saturated carbocycles. The fraction of sp³-hybridized carbons (Fsp3) is 0.136. The molecule has 0 spiro atoms. The fourth-order valence-electron chi connectivity index (χ4n) is 3.09. The van der Waals surface area contributed by atoms with Gasteiger partial charge in [0.25, 0.3) is 0 Å². The number of furan rings is 1. The zero-order valence-corrected chi connectivity index (χ0v) is 14.5. The van der Waals surface area contributed by atoms with Crippen molar-refractivity contribution >= 4 is 10.9 Å². The Morgan fingerprint density at radius 2 is 1.85 bits per heavy atom. The van der Waals surface area contributed by atoms with Crippen LogP contribution in [0.3, 0.4) is 0 Å². The van der Waals surface area contributed by atoms with Gasteiger partial charge in [-0.05, 0) is 42.0 Å². The van der Waals surface area contributed by atoms with Gasteiger partial charge < -0.3 is 14.3 Å². The first-order valence-electron chi connectivity index (χ1n) is 8.48. The van der Waals surface area contributed by atoms with Crippen LogP contribution in [0.25, 0.3) is 22.2 Å². The van der Waals surface area contributed by atoms with Crippen LogP contribution in [0.5, 0.6) is 5.88 Å². The van der Waals surface area contributed by atoms with Crippen molar-refractivity contribution in [1.29, 1.82) is 0 Å². The summed E-state index contributed by atoms with van der Waals surface area (Å²) in [6, 6.07) is 22.0. The molecule has 0 atom stereocenters. The number of methoxy groups -OCH3 is 1. The predicted molar refractivity (Wildman–Crippen MR) is 101 cm³/mol. The topological polar surface area (TPSA) is 55.5 Å². The summed E-state index contributed by atoms with van der Waals surface area (Å²) in [5.74, 6) is 1.93. The zero-order valence-electron chi connectivity index (χ0n) is 14.5. The van der Waals surface area contributed by atoms with Gasteiger partial charge in [0, 0.05) is 22.9 Å². The van der Waals surface area contributed by atoms with Gasteiger partial charge in [0.2, 0.25) is 5.88 Å². The Labute approximate surface area is 151 Å². The normalized spacial score (nSPS) is 11.0. The van der Waals surface area contributed by atoms with Crippen LogP contribution in [0.4, 0.5) is 0 Å². The molecule has 0 bridgehead atoms. The average molecular weight is 345 g/mol. The summed E-state index contributed by atoms with van der Waals surface area (Å²) in [6.07, 6.45) is 0.757. The summed E-state index contributed by atoms with van der Waals surface area (Å²) in [4.78, 5) is 4.65. The van der Waals surface area contributed by atoms with E-state index in [1.165, 1.54) is 5.56 Å². The molecule has 0 saturated heterocycles. The van der Waals surface area contributed by atoms with E-state index in [1.54, 1.807) is 13.2 Å². The van der Waals surface area contributed by atoms with Gasteiger partial charge in [0.15, 0.2) is 0 Å². The first-order valence-corrected chi connectivity index (χ1v) is 8.48. The summed E-state index contributed by atoms with van der Waals surface area (Å²) in [6.45, 7) is -0.104. The Hall–Kier alpha value is -3.11. The number of hydrogen-bond donors (Lipinski definition) is 1. The number of aromatic nitrogens is 1. The first kappa shape index (κ1) is 16.4. The van der Waals surface area contributed by atoms with E-state index in [9.17, 15) is 5.11 Å². The maximum atomic E-state index is 9.19. The molecule has 4 heteroatoms. The lowest BCUT2D eigenvalue weighted by atomic mass is 10.0. The zero-order chi connectivity index (χ0) is 17.9. The van der Waals surface area contributed by atoms with Crippen LogP contribution in [-0.4, -0.2) is 17.2 Å². The molecule has 26 heavy (non-hydrogen) atoms. The summed E-state index contributed by atoms with van der Waals surface area (Å²) >= 11 is 0. The quantitative estimate of drug-likeness (QED) is 0.575. The van der Waals surface area contributed by atoms with Crippen LogP contribution in [0, 0.1) is 0 Å². The number of hydrogen-bond acceptors (Lipinski definition) is 4. The van der Waals surface area contributed by atoms with E-state index in [2.05, 4.69) is 29.2 Å². The van der Waals surface area contributed by atoms with E-state index in [0.29, 0.717) is 11.6 Å². The SMILES string of the molecule is COc1nc2ccc(-c3ccc(CO)o3)cc2cc1Cc1ccccc1.